The Morgan fingerprint density at radius 3 is 2.37 bits per heavy atom. The predicted octanol–water partition coefficient (Wildman–Crippen LogP) is 3.74. The molecule has 1 aliphatic carbocycles. The Kier molecular flexibility index (Phi) is 7.91. The SMILES string of the molecule is CN1CCN(Cc2ccc(-c3ccc(CC(C#N)NC(=O)C4(N)CCc5cc(F)sc5C4)cc3)cc2)CC1. The molecular weight excluding hydrogens is 497 g/mol. The Morgan fingerprint density at radius 2 is 1.74 bits per heavy atom. The number of likely N-dealkylation sites (N-methyl/N-ethyl adjacent to an activating group) is 1. The lowest BCUT2D eigenvalue weighted by Crippen LogP contribution is -2.58. The van der Waals surface area contributed by atoms with E-state index in [0.29, 0.717) is 25.7 Å². The third-order valence-electron chi connectivity index (χ3n) is 7.78. The van der Waals surface area contributed by atoms with Gasteiger partial charge in [-0.05, 0) is 53.8 Å². The summed E-state index contributed by atoms with van der Waals surface area (Å²) in [5, 5.41) is 12.3. The summed E-state index contributed by atoms with van der Waals surface area (Å²) in [6.07, 6.45) is 1.68. The quantitative estimate of drug-likeness (QED) is 0.485. The van der Waals surface area contributed by atoms with Crippen LogP contribution in [0.3, 0.4) is 0 Å². The third-order valence-corrected chi connectivity index (χ3v) is 8.75. The van der Waals surface area contributed by atoms with Crippen molar-refractivity contribution in [2.24, 2.45) is 5.73 Å². The maximum atomic E-state index is 13.6. The highest BCUT2D eigenvalue weighted by Gasteiger charge is 2.39. The Labute approximate surface area is 227 Å². The largest absolute Gasteiger partial charge is 0.338 e. The summed E-state index contributed by atoms with van der Waals surface area (Å²) in [6.45, 7) is 5.41. The summed E-state index contributed by atoms with van der Waals surface area (Å²) in [6, 6.07) is 19.9. The number of carbonyl (C=O) groups is 1. The molecule has 8 heteroatoms. The number of piperazine rings is 1. The van der Waals surface area contributed by atoms with Gasteiger partial charge in [-0.3, -0.25) is 9.69 Å². The highest BCUT2D eigenvalue weighted by molar-refractivity contribution is 7.10. The van der Waals surface area contributed by atoms with Crippen molar-refractivity contribution >= 4 is 17.2 Å². The molecule has 2 atom stereocenters. The molecule has 3 N–H and O–H groups in total. The molecule has 2 aliphatic rings. The van der Waals surface area contributed by atoms with E-state index in [1.807, 2.05) is 12.1 Å². The molecule has 6 nitrogen and oxygen atoms in total. The van der Waals surface area contributed by atoms with E-state index in [0.717, 1.165) is 71.2 Å². The molecule has 198 valence electrons. The van der Waals surface area contributed by atoms with Gasteiger partial charge in [0.1, 0.15) is 11.6 Å². The van der Waals surface area contributed by atoms with Crippen molar-refractivity contribution in [3.05, 3.63) is 81.3 Å². The molecule has 0 spiro atoms. The van der Waals surface area contributed by atoms with Crippen LogP contribution < -0.4 is 11.1 Å². The third kappa shape index (κ3) is 6.13. The van der Waals surface area contributed by atoms with Gasteiger partial charge in [-0.2, -0.15) is 9.65 Å². The van der Waals surface area contributed by atoms with Crippen molar-refractivity contribution in [1.82, 2.24) is 15.1 Å². The number of fused-ring (bicyclic) bond motifs is 1. The summed E-state index contributed by atoms with van der Waals surface area (Å²) in [7, 11) is 2.17. The Bertz CT molecular complexity index is 1310. The fraction of sp³-hybridized carbons (Fsp3) is 0.400. The van der Waals surface area contributed by atoms with Crippen molar-refractivity contribution in [3.63, 3.8) is 0 Å². The van der Waals surface area contributed by atoms with Crippen LogP contribution in [-0.2, 0) is 30.6 Å². The number of rotatable bonds is 7. The van der Waals surface area contributed by atoms with Crippen LogP contribution in [0.25, 0.3) is 11.1 Å². The average Bonchev–Trinajstić information content (AvgIpc) is 3.29. The Balaban J connectivity index is 1.16. The first-order valence-electron chi connectivity index (χ1n) is 13.2. The number of benzene rings is 2. The number of nitriles is 1. The standard InChI is InChI=1S/C30H34FN5OS/c1-35-12-14-36(15-13-35)20-22-4-8-24(9-5-22)23-6-2-21(3-7-23)16-26(19-32)34-29(37)30(33)11-10-25-17-28(31)38-27(25)18-30/h2-9,17,26H,10-16,18,20,33H2,1H3,(H,34,37). The highest BCUT2D eigenvalue weighted by Crippen LogP contribution is 2.33. The molecule has 5 rings (SSSR count). The molecule has 0 bridgehead atoms. The van der Waals surface area contributed by atoms with Gasteiger partial charge in [0.25, 0.3) is 0 Å². The van der Waals surface area contributed by atoms with Crippen molar-refractivity contribution in [2.45, 2.75) is 43.8 Å². The van der Waals surface area contributed by atoms with Crippen LogP contribution in [0.15, 0.2) is 54.6 Å². The van der Waals surface area contributed by atoms with Crippen LogP contribution in [0.2, 0.25) is 0 Å². The van der Waals surface area contributed by atoms with Gasteiger partial charge in [-0.25, -0.2) is 0 Å². The number of nitrogens with zero attached hydrogens (tertiary/aromatic N) is 3. The lowest BCUT2D eigenvalue weighted by atomic mass is 9.81. The van der Waals surface area contributed by atoms with E-state index in [9.17, 15) is 14.4 Å². The van der Waals surface area contributed by atoms with Gasteiger partial charge in [0, 0.05) is 50.4 Å². The number of carbonyl (C=O) groups excluding carboxylic acids is 1. The molecule has 0 radical (unpaired) electrons. The molecule has 2 aromatic carbocycles. The minimum atomic E-state index is -1.13. The fourth-order valence-electron chi connectivity index (χ4n) is 5.28. The van der Waals surface area contributed by atoms with Crippen molar-refractivity contribution in [2.75, 3.05) is 33.2 Å². The Hall–Kier alpha value is -3.09. The first kappa shape index (κ1) is 26.5. The second-order valence-electron chi connectivity index (χ2n) is 10.7. The monoisotopic (exact) mass is 531 g/mol. The van der Waals surface area contributed by atoms with Gasteiger partial charge < -0.3 is 16.0 Å². The summed E-state index contributed by atoms with van der Waals surface area (Å²) in [5.74, 6) is -0.350. The van der Waals surface area contributed by atoms with E-state index in [-0.39, 0.29) is 11.0 Å². The fourth-order valence-corrected chi connectivity index (χ4v) is 6.34. The molecule has 1 amide bonds. The molecule has 2 heterocycles. The molecule has 38 heavy (non-hydrogen) atoms. The highest BCUT2D eigenvalue weighted by atomic mass is 32.1. The van der Waals surface area contributed by atoms with Crippen molar-refractivity contribution in [1.29, 1.82) is 5.26 Å². The second-order valence-corrected chi connectivity index (χ2v) is 11.8. The molecule has 1 saturated heterocycles. The topological polar surface area (TPSA) is 85.4 Å². The molecule has 3 aromatic rings. The summed E-state index contributed by atoms with van der Waals surface area (Å²) in [5.41, 5.74) is 10.8. The van der Waals surface area contributed by atoms with E-state index >= 15 is 0 Å². The van der Waals surface area contributed by atoms with E-state index < -0.39 is 11.6 Å². The molecular formula is C30H34FN5OS. The lowest BCUT2D eigenvalue weighted by Gasteiger charge is -2.32. The maximum absolute atomic E-state index is 13.6. The summed E-state index contributed by atoms with van der Waals surface area (Å²) in [4.78, 5) is 18.7. The molecule has 1 fully saturated rings. The van der Waals surface area contributed by atoms with Crippen LogP contribution in [0.4, 0.5) is 4.39 Å². The maximum Gasteiger partial charge on any atom is 0.241 e. The normalized spacial score (nSPS) is 20.9. The minimum absolute atomic E-state index is 0.250. The van der Waals surface area contributed by atoms with E-state index in [2.05, 4.69) is 64.6 Å². The number of amides is 1. The van der Waals surface area contributed by atoms with Crippen LogP contribution in [0, 0.1) is 16.5 Å². The van der Waals surface area contributed by atoms with Gasteiger partial charge >= 0.3 is 0 Å². The van der Waals surface area contributed by atoms with Gasteiger partial charge in [0.05, 0.1) is 6.07 Å². The van der Waals surface area contributed by atoms with Gasteiger partial charge in [-0.1, -0.05) is 48.5 Å². The van der Waals surface area contributed by atoms with Crippen molar-refractivity contribution < 1.29 is 9.18 Å². The van der Waals surface area contributed by atoms with Crippen LogP contribution >= 0.6 is 11.3 Å². The number of nitrogens with two attached hydrogens (primary N) is 1. The number of nitrogens with one attached hydrogen (secondary N) is 1. The lowest BCUT2D eigenvalue weighted by molar-refractivity contribution is -0.127. The number of hydrogen-bond acceptors (Lipinski definition) is 6. The van der Waals surface area contributed by atoms with E-state index in [1.165, 1.54) is 11.6 Å². The van der Waals surface area contributed by atoms with Crippen molar-refractivity contribution in [3.8, 4) is 17.2 Å². The van der Waals surface area contributed by atoms with E-state index in [1.54, 1.807) is 0 Å². The molecule has 0 saturated carbocycles. The first-order valence-corrected chi connectivity index (χ1v) is 14.0. The number of thiophene rings is 1. The van der Waals surface area contributed by atoms with Crippen LogP contribution in [0.1, 0.15) is 28.0 Å². The van der Waals surface area contributed by atoms with Gasteiger partial charge in [-0.15, -0.1) is 11.3 Å². The van der Waals surface area contributed by atoms with Crippen LogP contribution in [-0.4, -0.2) is 60.5 Å². The number of hydrogen-bond donors (Lipinski definition) is 2. The molecule has 1 aliphatic heterocycles. The average molecular weight is 532 g/mol. The predicted molar refractivity (Wildman–Crippen MR) is 149 cm³/mol. The Morgan fingerprint density at radius 1 is 1.11 bits per heavy atom. The number of aryl methyl sites for hydroxylation is 1. The van der Waals surface area contributed by atoms with Gasteiger partial charge in [0.15, 0.2) is 5.13 Å². The van der Waals surface area contributed by atoms with E-state index in [4.69, 9.17) is 5.73 Å². The zero-order valence-corrected chi connectivity index (χ0v) is 22.6. The zero-order valence-electron chi connectivity index (χ0n) is 21.8. The first-order chi connectivity index (χ1) is 18.3. The number of halogens is 1. The minimum Gasteiger partial charge on any atom is -0.338 e. The summed E-state index contributed by atoms with van der Waals surface area (Å²) < 4.78 is 13.6. The molecule has 2 unspecified atom stereocenters. The zero-order chi connectivity index (χ0) is 26.7. The summed E-state index contributed by atoms with van der Waals surface area (Å²) >= 11 is 1.05. The van der Waals surface area contributed by atoms with Crippen LogP contribution in [0.5, 0.6) is 0 Å². The molecule has 1 aromatic heterocycles. The smallest absolute Gasteiger partial charge is 0.241 e. The second kappa shape index (κ2) is 11.3. The van der Waals surface area contributed by atoms with Gasteiger partial charge in [0.2, 0.25) is 5.91 Å².